The maximum absolute atomic E-state index is 15.8. The molecule has 0 bridgehead atoms. The van der Waals surface area contributed by atoms with E-state index in [2.05, 4.69) is 26.5 Å². The molecule has 274 valence electrons. The summed E-state index contributed by atoms with van der Waals surface area (Å²) in [5.41, 5.74) is 8.68. The zero-order valence-corrected chi connectivity index (χ0v) is 30.2. The quantitative estimate of drug-likeness (QED) is 0.116. The SMILES string of the molecule is COc1cc2cc(-c3nnc(CN4CCC(c5ccc(N(C)C6CCC(=O)NC6=O)c(N(C)C=O)c5)CC4)o3)ccc2c(F)c1N(CC(N)=O)SC. The van der Waals surface area contributed by atoms with Crippen molar-refractivity contribution in [3.63, 3.8) is 0 Å². The van der Waals surface area contributed by atoms with Crippen molar-refractivity contribution in [3.05, 3.63) is 59.7 Å². The maximum Gasteiger partial charge on any atom is 0.249 e. The Labute approximate surface area is 304 Å². The number of nitrogens with one attached hydrogen (secondary N) is 1. The number of carbonyl (C=O) groups excluding carboxylic acids is 4. The summed E-state index contributed by atoms with van der Waals surface area (Å²) in [5, 5.41) is 11.9. The van der Waals surface area contributed by atoms with Crippen molar-refractivity contribution in [2.45, 2.75) is 44.2 Å². The molecule has 1 atom stereocenters. The third-order valence-corrected chi connectivity index (χ3v) is 10.5. The summed E-state index contributed by atoms with van der Waals surface area (Å²) in [7, 11) is 4.93. The molecule has 2 fully saturated rings. The van der Waals surface area contributed by atoms with Crippen molar-refractivity contribution in [1.82, 2.24) is 20.4 Å². The molecule has 1 aromatic heterocycles. The summed E-state index contributed by atoms with van der Waals surface area (Å²) >= 11 is 1.17. The van der Waals surface area contributed by atoms with E-state index < -0.39 is 17.8 Å². The first-order valence-corrected chi connectivity index (χ1v) is 18.0. The predicted molar refractivity (Wildman–Crippen MR) is 197 cm³/mol. The van der Waals surface area contributed by atoms with Gasteiger partial charge in [0.05, 0.1) is 25.0 Å². The number of benzene rings is 3. The summed E-state index contributed by atoms with van der Waals surface area (Å²) in [6, 6.07) is 12.3. The molecule has 14 nitrogen and oxygen atoms in total. The van der Waals surface area contributed by atoms with Crippen LogP contribution in [0.2, 0.25) is 0 Å². The Morgan fingerprint density at radius 2 is 1.88 bits per heavy atom. The van der Waals surface area contributed by atoms with Crippen LogP contribution in [0.3, 0.4) is 0 Å². The molecule has 3 heterocycles. The number of ether oxygens (including phenoxy) is 1. The number of amides is 4. The molecule has 52 heavy (non-hydrogen) atoms. The molecule has 0 aliphatic carbocycles. The van der Waals surface area contributed by atoms with Crippen LogP contribution in [0.5, 0.6) is 5.75 Å². The number of methoxy groups -OCH3 is 1. The molecule has 2 aliphatic heterocycles. The Balaban J connectivity index is 1.12. The van der Waals surface area contributed by atoms with E-state index in [1.807, 2.05) is 17.0 Å². The monoisotopic (exact) mass is 732 g/mol. The Morgan fingerprint density at radius 3 is 2.56 bits per heavy atom. The van der Waals surface area contributed by atoms with Crippen molar-refractivity contribution < 1.29 is 32.7 Å². The second kappa shape index (κ2) is 15.6. The largest absolute Gasteiger partial charge is 0.494 e. The van der Waals surface area contributed by atoms with Gasteiger partial charge >= 0.3 is 0 Å². The fourth-order valence-electron chi connectivity index (χ4n) is 6.93. The number of piperidine rings is 2. The van der Waals surface area contributed by atoms with Gasteiger partial charge in [0.25, 0.3) is 0 Å². The Hall–Kier alpha value is -5.22. The number of primary amides is 1. The van der Waals surface area contributed by atoms with Gasteiger partial charge in [-0.3, -0.25) is 29.4 Å². The van der Waals surface area contributed by atoms with E-state index >= 15 is 4.39 Å². The first kappa shape index (κ1) is 36.6. The molecule has 2 aliphatic rings. The fourth-order valence-corrected chi connectivity index (χ4v) is 7.54. The highest BCUT2D eigenvalue weighted by Gasteiger charge is 2.32. The smallest absolute Gasteiger partial charge is 0.249 e. The van der Waals surface area contributed by atoms with E-state index in [0.29, 0.717) is 46.8 Å². The third kappa shape index (κ3) is 7.53. The summed E-state index contributed by atoms with van der Waals surface area (Å²) in [5.74, 6) is -0.449. The summed E-state index contributed by atoms with van der Waals surface area (Å²) < 4.78 is 28.8. The zero-order chi connectivity index (χ0) is 37.1. The second-order valence-corrected chi connectivity index (χ2v) is 13.8. The van der Waals surface area contributed by atoms with Crippen LogP contribution >= 0.6 is 11.9 Å². The van der Waals surface area contributed by atoms with Gasteiger partial charge in [-0.2, -0.15) is 0 Å². The average molecular weight is 733 g/mol. The van der Waals surface area contributed by atoms with Crippen molar-refractivity contribution >= 4 is 63.9 Å². The van der Waals surface area contributed by atoms with Gasteiger partial charge < -0.3 is 29.0 Å². The number of imide groups is 1. The van der Waals surface area contributed by atoms with Gasteiger partial charge in [-0.15, -0.1) is 10.2 Å². The van der Waals surface area contributed by atoms with E-state index in [0.717, 1.165) is 43.6 Å². The van der Waals surface area contributed by atoms with E-state index in [1.165, 1.54) is 28.3 Å². The van der Waals surface area contributed by atoms with Crippen LogP contribution in [0.25, 0.3) is 22.2 Å². The predicted octanol–water partition coefficient (Wildman–Crippen LogP) is 3.82. The fraction of sp³-hybridized carbons (Fsp3) is 0.389. The van der Waals surface area contributed by atoms with Crippen molar-refractivity contribution in [2.75, 3.05) is 61.2 Å². The molecule has 1 unspecified atom stereocenters. The number of hydrogen-bond donors (Lipinski definition) is 2. The normalized spacial score (nSPS) is 16.8. The standard InChI is InChI=1S/C36H41FN8O6S/c1-42(20-46)28-16-22(6-8-26(28)43(2)27-9-10-31(48)39-35(27)49)21-11-13-44(14-12-21)19-32-40-41-36(51-32)23-5-7-25-24(15-23)17-29(50-3)34(33(25)37)45(52-4)18-30(38)47/h5-8,15-17,20-21,27H,9-14,18-19H2,1-4H3,(H2,38,47)(H,39,48,49). The molecule has 3 aromatic carbocycles. The van der Waals surface area contributed by atoms with Gasteiger partial charge in [-0.25, -0.2) is 4.39 Å². The number of likely N-dealkylation sites (tertiary alicyclic amines) is 1. The van der Waals surface area contributed by atoms with Crippen LogP contribution in [0.15, 0.2) is 46.9 Å². The van der Waals surface area contributed by atoms with Crippen LogP contribution in [0.4, 0.5) is 21.5 Å². The van der Waals surface area contributed by atoms with Crippen LogP contribution < -0.4 is 29.9 Å². The zero-order valence-electron chi connectivity index (χ0n) is 29.4. The summed E-state index contributed by atoms with van der Waals surface area (Å²) in [6.07, 6.45) is 4.90. The number of fused-ring (bicyclic) bond motifs is 1. The minimum Gasteiger partial charge on any atom is -0.494 e. The first-order valence-electron chi connectivity index (χ1n) is 16.8. The number of aromatic nitrogens is 2. The number of hydrogen-bond acceptors (Lipinski definition) is 12. The van der Waals surface area contributed by atoms with E-state index in [-0.39, 0.29) is 42.1 Å². The second-order valence-electron chi connectivity index (χ2n) is 13.0. The molecular weight excluding hydrogens is 692 g/mol. The molecule has 16 heteroatoms. The Bertz CT molecular complexity index is 2000. The maximum atomic E-state index is 15.8. The van der Waals surface area contributed by atoms with E-state index in [4.69, 9.17) is 14.9 Å². The number of rotatable bonds is 13. The molecule has 6 rings (SSSR count). The lowest BCUT2D eigenvalue weighted by Crippen LogP contribution is -2.51. The molecule has 4 amide bonds. The molecular formula is C36H41FN8O6S. The minimum absolute atomic E-state index is 0.140. The van der Waals surface area contributed by atoms with Crippen molar-refractivity contribution in [3.8, 4) is 17.2 Å². The van der Waals surface area contributed by atoms with Gasteiger partial charge in [0.2, 0.25) is 35.9 Å². The number of likely N-dealkylation sites (N-methyl/N-ethyl adjacent to an activating group) is 1. The number of carbonyl (C=O) groups is 4. The number of nitrogens with two attached hydrogens (primary N) is 1. The van der Waals surface area contributed by atoms with Gasteiger partial charge in [0, 0.05) is 37.7 Å². The van der Waals surface area contributed by atoms with Crippen LogP contribution in [0.1, 0.15) is 43.1 Å². The van der Waals surface area contributed by atoms with E-state index in [1.54, 1.807) is 44.6 Å². The van der Waals surface area contributed by atoms with Gasteiger partial charge in [-0.1, -0.05) is 24.1 Å². The summed E-state index contributed by atoms with van der Waals surface area (Å²) in [4.78, 5) is 53.3. The van der Waals surface area contributed by atoms with Gasteiger partial charge in [0.1, 0.15) is 24.0 Å². The molecule has 2 saturated heterocycles. The van der Waals surface area contributed by atoms with Crippen LogP contribution in [-0.2, 0) is 25.7 Å². The number of anilines is 3. The summed E-state index contributed by atoms with van der Waals surface area (Å²) in [6.45, 7) is 1.87. The van der Waals surface area contributed by atoms with Gasteiger partial charge in [-0.05, 0) is 79.6 Å². The lowest BCUT2D eigenvalue weighted by Gasteiger charge is -2.35. The molecule has 0 spiro atoms. The highest BCUT2D eigenvalue weighted by molar-refractivity contribution is 8.00. The van der Waals surface area contributed by atoms with Crippen LogP contribution in [-0.4, -0.2) is 92.4 Å². The van der Waals surface area contributed by atoms with E-state index in [9.17, 15) is 19.2 Å². The van der Waals surface area contributed by atoms with Gasteiger partial charge in [0.15, 0.2) is 5.82 Å². The molecule has 0 saturated carbocycles. The molecule has 3 N–H and O–H groups in total. The topological polar surface area (TPSA) is 167 Å². The lowest BCUT2D eigenvalue weighted by atomic mass is 9.88. The lowest BCUT2D eigenvalue weighted by molar-refractivity contribution is -0.134. The highest BCUT2D eigenvalue weighted by atomic mass is 32.2. The van der Waals surface area contributed by atoms with Crippen molar-refractivity contribution in [2.24, 2.45) is 5.73 Å². The Morgan fingerprint density at radius 1 is 1.12 bits per heavy atom. The average Bonchev–Trinajstić information content (AvgIpc) is 3.61. The molecule has 0 radical (unpaired) electrons. The Kier molecular flexibility index (Phi) is 11.0. The first-order chi connectivity index (χ1) is 25.0. The third-order valence-electron chi connectivity index (χ3n) is 9.73. The highest BCUT2D eigenvalue weighted by Crippen LogP contribution is 2.41. The van der Waals surface area contributed by atoms with Crippen molar-refractivity contribution in [1.29, 1.82) is 0 Å². The number of halogens is 1. The number of nitrogens with zero attached hydrogens (tertiary/aromatic N) is 6. The molecule has 4 aromatic rings. The minimum atomic E-state index is -0.594. The van der Waals surface area contributed by atoms with Crippen LogP contribution in [0, 0.1) is 5.82 Å².